The summed E-state index contributed by atoms with van der Waals surface area (Å²) in [5.41, 5.74) is -0.116. The van der Waals surface area contributed by atoms with Gasteiger partial charge in [-0.05, 0) is 53.9 Å². The first-order valence-electron chi connectivity index (χ1n) is 10.4. The van der Waals surface area contributed by atoms with E-state index in [2.05, 4.69) is 14.9 Å². The van der Waals surface area contributed by atoms with Crippen LogP contribution < -0.4 is 14.4 Å². The van der Waals surface area contributed by atoms with Gasteiger partial charge in [0.05, 0.1) is 30.5 Å². The topological polar surface area (TPSA) is 89.7 Å². The summed E-state index contributed by atoms with van der Waals surface area (Å²) < 4.78 is 57.8. The van der Waals surface area contributed by atoms with E-state index in [-0.39, 0.29) is 33.4 Å². The highest BCUT2D eigenvalue weighted by molar-refractivity contribution is 8.00. The number of ether oxygens (including phenoxy) is 2. The lowest BCUT2D eigenvalue weighted by atomic mass is 10.0. The standard InChI is InChI=1S/C24H18ClF3N4O4S/c1-34-20-11-17(14-4-3-5-15(10-14)24(26,27)28)18(25)12-19(20)32(23(33)35-2)22-7-6-16(13-29-22)37-31-21-8-9-36-30-21/h3-13H,1-2H3,(H,30,31). The number of aromatic nitrogens is 2. The summed E-state index contributed by atoms with van der Waals surface area (Å²) in [6.45, 7) is 0. The lowest BCUT2D eigenvalue weighted by Gasteiger charge is -2.23. The van der Waals surface area contributed by atoms with Crippen LogP contribution >= 0.6 is 23.5 Å². The fourth-order valence-electron chi connectivity index (χ4n) is 3.31. The molecule has 192 valence electrons. The molecule has 0 fully saturated rings. The van der Waals surface area contributed by atoms with Gasteiger partial charge in [0, 0.05) is 22.7 Å². The van der Waals surface area contributed by atoms with Crippen LogP contribution in [0.1, 0.15) is 5.56 Å². The molecule has 13 heteroatoms. The van der Waals surface area contributed by atoms with Crippen molar-refractivity contribution in [2.24, 2.45) is 0 Å². The molecule has 0 spiro atoms. The normalized spacial score (nSPS) is 11.2. The van der Waals surface area contributed by atoms with Gasteiger partial charge in [0.15, 0.2) is 5.82 Å². The van der Waals surface area contributed by atoms with E-state index in [9.17, 15) is 18.0 Å². The molecule has 1 amide bonds. The SMILES string of the molecule is COC(=O)N(c1ccc(SNc2ccon2)cn1)c1cc(Cl)c(-c2cccc(C(F)(F)F)c2)cc1OC. The maximum Gasteiger partial charge on any atom is 0.420 e. The van der Waals surface area contributed by atoms with Crippen molar-refractivity contribution in [2.75, 3.05) is 23.8 Å². The van der Waals surface area contributed by atoms with Crippen molar-refractivity contribution < 1.29 is 32.0 Å². The van der Waals surface area contributed by atoms with E-state index >= 15 is 0 Å². The lowest BCUT2D eigenvalue weighted by molar-refractivity contribution is -0.137. The molecule has 2 heterocycles. The molecule has 0 aliphatic heterocycles. The van der Waals surface area contributed by atoms with Crippen LogP contribution in [0, 0.1) is 0 Å². The molecular weight excluding hydrogens is 533 g/mol. The quantitative estimate of drug-likeness (QED) is 0.237. The van der Waals surface area contributed by atoms with Crippen molar-refractivity contribution in [3.8, 4) is 16.9 Å². The largest absolute Gasteiger partial charge is 0.495 e. The van der Waals surface area contributed by atoms with Gasteiger partial charge in [-0.15, -0.1) is 0 Å². The number of nitrogens with one attached hydrogen (secondary N) is 1. The van der Waals surface area contributed by atoms with E-state index in [0.717, 1.165) is 17.0 Å². The molecule has 0 radical (unpaired) electrons. The predicted molar refractivity (Wildman–Crippen MR) is 133 cm³/mol. The van der Waals surface area contributed by atoms with Gasteiger partial charge in [-0.1, -0.05) is 28.9 Å². The summed E-state index contributed by atoms with van der Waals surface area (Å²) in [4.78, 5) is 19.0. The van der Waals surface area contributed by atoms with E-state index in [0.29, 0.717) is 10.7 Å². The van der Waals surface area contributed by atoms with Gasteiger partial charge in [0.25, 0.3) is 0 Å². The van der Waals surface area contributed by atoms with Crippen LogP contribution in [0.3, 0.4) is 0 Å². The second-order valence-corrected chi connectivity index (χ2v) is 8.62. The number of nitrogens with zero attached hydrogens (tertiary/aromatic N) is 3. The first-order valence-corrected chi connectivity index (χ1v) is 11.6. The van der Waals surface area contributed by atoms with Crippen molar-refractivity contribution in [1.29, 1.82) is 0 Å². The number of alkyl halides is 3. The number of anilines is 3. The van der Waals surface area contributed by atoms with Gasteiger partial charge in [-0.3, -0.25) is 0 Å². The van der Waals surface area contributed by atoms with Gasteiger partial charge in [0.1, 0.15) is 17.8 Å². The lowest BCUT2D eigenvalue weighted by Crippen LogP contribution is -2.27. The molecular formula is C24H18ClF3N4O4S. The number of hydrogen-bond donors (Lipinski definition) is 1. The van der Waals surface area contributed by atoms with E-state index < -0.39 is 17.8 Å². The van der Waals surface area contributed by atoms with Crippen molar-refractivity contribution in [2.45, 2.75) is 11.1 Å². The molecule has 0 aliphatic carbocycles. The minimum absolute atomic E-state index is 0.0908. The summed E-state index contributed by atoms with van der Waals surface area (Å²) in [7, 11) is 2.56. The van der Waals surface area contributed by atoms with Crippen LogP contribution in [-0.4, -0.2) is 30.5 Å². The zero-order chi connectivity index (χ0) is 26.6. The van der Waals surface area contributed by atoms with E-state index in [1.165, 1.54) is 62.9 Å². The molecule has 0 bridgehead atoms. The first-order chi connectivity index (χ1) is 17.7. The minimum atomic E-state index is -4.52. The first kappa shape index (κ1) is 26.2. The Bertz CT molecular complexity index is 1390. The maximum absolute atomic E-state index is 13.2. The summed E-state index contributed by atoms with van der Waals surface area (Å²) >= 11 is 7.72. The van der Waals surface area contributed by atoms with Crippen LogP contribution in [0.5, 0.6) is 5.75 Å². The Morgan fingerprint density at radius 3 is 2.57 bits per heavy atom. The summed E-state index contributed by atoms with van der Waals surface area (Å²) in [6, 6.07) is 12.5. The second-order valence-electron chi connectivity index (χ2n) is 7.33. The number of carbonyl (C=O) groups excluding carboxylic acids is 1. The third-order valence-electron chi connectivity index (χ3n) is 5.03. The van der Waals surface area contributed by atoms with Crippen LogP contribution in [-0.2, 0) is 10.9 Å². The van der Waals surface area contributed by atoms with Gasteiger partial charge >= 0.3 is 12.3 Å². The average molecular weight is 551 g/mol. The number of carbonyl (C=O) groups is 1. The zero-order valence-electron chi connectivity index (χ0n) is 19.2. The van der Waals surface area contributed by atoms with Gasteiger partial charge in [-0.25, -0.2) is 14.7 Å². The Labute approximate surface area is 218 Å². The Balaban J connectivity index is 1.69. The highest BCUT2D eigenvalue weighted by atomic mass is 35.5. The van der Waals surface area contributed by atoms with Crippen molar-refractivity contribution >= 4 is 47.0 Å². The van der Waals surface area contributed by atoms with Crippen LogP contribution in [0.4, 0.5) is 35.3 Å². The van der Waals surface area contributed by atoms with E-state index in [1.54, 1.807) is 18.2 Å². The van der Waals surface area contributed by atoms with Crippen molar-refractivity contribution in [1.82, 2.24) is 10.1 Å². The van der Waals surface area contributed by atoms with Crippen LogP contribution in [0.2, 0.25) is 5.02 Å². The molecule has 0 atom stereocenters. The second kappa shape index (κ2) is 11.0. The molecule has 8 nitrogen and oxygen atoms in total. The van der Waals surface area contributed by atoms with Gasteiger partial charge in [-0.2, -0.15) is 13.2 Å². The highest BCUT2D eigenvalue weighted by Gasteiger charge is 2.31. The molecule has 2 aromatic carbocycles. The van der Waals surface area contributed by atoms with Gasteiger partial charge in [0.2, 0.25) is 0 Å². The fourth-order valence-corrected chi connectivity index (χ4v) is 4.15. The van der Waals surface area contributed by atoms with Crippen molar-refractivity contribution in [3.05, 3.63) is 77.6 Å². The molecule has 1 N–H and O–H groups in total. The maximum atomic E-state index is 13.2. The summed E-state index contributed by atoms with van der Waals surface area (Å²) in [5, 5.41) is 3.84. The Hall–Kier alpha value is -3.90. The molecule has 4 aromatic rings. The zero-order valence-corrected chi connectivity index (χ0v) is 20.8. The van der Waals surface area contributed by atoms with Crippen molar-refractivity contribution in [3.63, 3.8) is 0 Å². The molecule has 0 aliphatic rings. The monoisotopic (exact) mass is 550 g/mol. The molecule has 0 saturated heterocycles. The summed E-state index contributed by atoms with van der Waals surface area (Å²) in [5.74, 6) is 0.875. The molecule has 0 saturated carbocycles. The third-order valence-corrected chi connectivity index (χ3v) is 6.13. The average Bonchev–Trinajstić information content (AvgIpc) is 3.42. The van der Waals surface area contributed by atoms with Crippen LogP contribution in [0.15, 0.2) is 76.5 Å². The smallest absolute Gasteiger partial charge is 0.420 e. The third kappa shape index (κ3) is 5.92. The number of rotatable bonds is 7. The Kier molecular flexibility index (Phi) is 7.79. The van der Waals surface area contributed by atoms with Crippen LogP contribution in [0.25, 0.3) is 11.1 Å². The molecule has 2 aromatic heterocycles. The fraction of sp³-hybridized carbons (Fsp3) is 0.125. The number of pyridine rings is 1. The Morgan fingerprint density at radius 2 is 1.95 bits per heavy atom. The molecule has 0 unspecified atom stereocenters. The number of methoxy groups -OCH3 is 2. The van der Waals surface area contributed by atoms with Gasteiger partial charge < -0.3 is 18.7 Å². The van der Waals surface area contributed by atoms with E-state index in [4.69, 9.17) is 25.6 Å². The summed E-state index contributed by atoms with van der Waals surface area (Å²) in [6.07, 6.45) is -2.35. The predicted octanol–water partition coefficient (Wildman–Crippen LogP) is 7.44. The Morgan fingerprint density at radius 1 is 1.14 bits per heavy atom. The molecule has 37 heavy (non-hydrogen) atoms. The number of benzene rings is 2. The highest BCUT2D eigenvalue weighted by Crippen LogP contribution is 2.42. The minimum Gasteiger partial charge on any atom is -0.495 e. The van der Waals surface area contributed by atoms with E-state index in [1.807, 2.05) is 0 Å². The molecule has 4 rings (SSSR count). The number of halogens is 4. The number of amides is 1. The number of hydrogen-bond acceptors (Lipinski definition) is 8.